The molecule has 0 saturated carbocycles. The number of halogens is 1. The van der Waals surface area contributed by atoms with Crippen molar-refractivity contribution in [2.45, 2.75) is 66.3 Å². The van der Waals surface area contributed by atoms with E-state index in [2.05, 4.69) is 0 Å². The molecule has 0 fully saturated rings. The summed E-state index contributed by atoms with van der Waals surface area (Å²) in [6.45, 7) is 12.3. The molecular formula is C25H36ClN3O2. The maximum atomic E-state index is 13.3. The molecule has 1 aromatic heterocycles. The quantitative estimate of drug-likeness (QED) is 0.507. The van der Waals surface area contributed by atoms with Crippen LogP contribution < -0.4 is 5.62 Å². The molecule has 3 rings (SSSR count). The van der Waals surface area contributed by atoms with Crippen LogP contribution in [0.4, 0.5) is 0 Å². The average molecular weight is 446 g/mol. The molecule has 6 heteroatoms. The van der Waals surface area contributed by atoms with Gasteiger partial charge in [0.05, 0.1) is 17.6 Å². The minimum atomic E-state index is -0.298. The van der Waals surface area contributed by atoms with Crippen molar-refractivity contribution in [1.82, 2.24) is 9.13 Å². The number of aromatic nitrogens is 2. The lowest BCUT2D eigenvalue weighted by molar-refractivity contribution is 0.0971. The Morgan fingerprint density at radius 3 is 1.87 bits per heavy atom. The summed E-state index contributed by atoms with van der Waals surface area (Å²) in [6.07, 6.45) is 0. The number of ketones is 1. The Kier molecular flexibility index (Phi) is 7.62. The number of phenolic OH excluding ortho intramolecular Hbond substituents is 1. The second-order valence-corrected chi connectivity index (χ2v) is 9.80. The summed E-state index contributed by atoms with van der Waals surface area (Å²) in [5.74, 6) is 0.191. The fourth-order valence-electron chi connectivity index (χ4n) is 3.72. The van der Waals surface area contributed by atoms with E-state index in [1.165, 1.54) is 0 Å². The lowest BCUT2D eigenvalue weighted by Gasteiger charge is -2.28. The van der Waals surface area contributed by atoms with Crippen molar-refractivity contribution in [3.8, 4) is 5.75 Å². The van der Waals surface area contributed by atoms with Gasteiger partial charge in [-0.15, -0.1) is 12.4 Å². The van der Waals surface area contributed by atoms with Gasteiger partial charge in [-0.1, -0.05) is 61.1 Å². The molecule has 0 radical (unpaired) electrons. The number of carbonyl (C=O) groups excluding carboxylic acids is 1. The van der Waals surface area contributed by atoms with Gasteiger partial charge < -0.3 is 14.2 Å². The first-order chi connectivity index (χ1) is 13.3. The minimum Gasteiger partial charge on any atom is -0.507 e. The summed E-state index contributed by atoms with van der Waals surface area (Å²) in [5, 5.41) is 19.3. The number of imidazole rings is 1. The molecule has 0 saturated heterocycles. The number of aryl methyl sites for hydroxylation is 1. The van der Waals surface area contributed by atoms with Gasteiger partial charge >= 0.3 is 0 Å². The van der Waals surface area contributed by atoms with Crippen molar-refractivity contribution in [2.24, 2.45) is 7.05 Å². The second-order valence-electron chi connectivity index (χ2n) is 9.80. The average Bonchev–Trinajstić information content (AvgIpc) is 2.85. The number of fused-ring (bicyclic) bond motifs is 1. The summed E-state index contributed by atoms with van der Waals surface area (Å²) >= 11 is 0. The van der Waals surface area contributed by atoms with Gasteiger partial charge in [-0.2, -0.15) is 0 Å². The van der Waals surface area contributed by atoms with Crippen LogP contribution in [0.2, 0.25) is 0 Å². The minimum absolute atomic E-state index is 0. The van der Waals surface area contributed by atoms with Crippen LogP contribution in [0.25, 0.3) is 11.0 Å². The van der Waals surface area contributed by atoms with Gasteiger partial charge in [-0.3, -0.25) is 10.2 Å². The van der Waals surface area contributed by atoms with Crippen LogP contribution in [0.3, 0.4) is 0 Å². The number of carbonyl (C=O) groups is 1. The van der Waals surface area contributed by atoms with E-state index in [-0.39, 0.29) is 54.4 Å². The number of para-hydroxylation sites is 2. The predicted molar refractivity (Wildman–Crippen MR) is 131 cm³/mol. The number of benzene rings is 2. The molecule has 31 heavy (non-hydrogen) atoms. The normalized spacial score (nSPS) is 11.7. The van der Waals surface area contributed by atoms with E-state index in [0.717, 1.165) is 22.2 Å². The van der Waals surface area contributed by atoms with Gasteiger partial charge in [-0.05, 0) is 35.1 Å². The van der Waals surface area contributed by atoms with Crippen LogP contribution in [0, 0.1) is 5.41 Å². The van der Waals surface area contributed by atoms with E-state index in [4.69, 9.17) is 5.41 Å². The number of aromatic hydroxyl groups is 1. The van der Waals surface area contributed by atoms with Gasteiger partial charge in [0, 0.05) is 23.7 Å². The number of hydrogen-bond donors (Lipinski definition) is 2. The Morgan fingerprint density at radius 2 is 1.42 bits per heavy atom. The SMILES string of the molecule is C.Cl.Cn1c(=N)n(CC(=O)c2cc(C(C)(C)C)c(O)c(C(C)(C)C)c2)c2ccccc21. The fourth-order valence-corrected chi connectivity index (χ4v) is 3.72. The number of Topliss-reactive ketones (excluding diaryl/α,β-unsaturated/α-hetero) is 1. The van der Waals surface area contributed by atoms with Crippen molar-refractivity contribution in [3.63, 3.8) is 0 Å². The molecule has 170 valence electrons. The monoisotopic (exact) mass is 445 g/mol. The molecule has 5 nitrogen and oxygen atoms in total. The third-order valence-electron chi connectivity index (χ3n) is 5.46. The van der Waals surface area contributed by atoms with E-state index in [1.807, 2.05) is 85.0 Å². The third kappa shape index (κ3) is 4.87. The number of nitrogens with one attached hydrogen (secondary N) is 1. The highest BCUT2D eigenvalue weighted by atomic mass is 35.5. The van der Waals surface area contributed by atoms with Crippen LogP contribution >= 0.6 is 12.4 Å². The van der Waals surface area contributed by atoms with Gasteiger partial charge in [0.2, 0.25) is 5.62 Å². The van der Waals surface area contributed by atoms with Gasteiger partial charge in [-0.25, -0.2) is 0 Å². The van der Waals surface area contributed by atoms with Crippen LogP contribution in [0.15, 0.2) is 36.4 Å². The fraction of sp³-hybridized carbons (Fsp3) is 0.440. The lowest BCUT2D eigenvalue weighted by Crippen LogP contribution is -2.26. The van der Waals surface area contributed by atoms with Crippen LogP contribution in [-0.2, 0) is 24.4 Å². The first kappa shape index (κ1) is 26.5. The van der Waals surface area contributed by atoms with Crippen LogP contribution in [0.5, 0.6) is 5.75 Å². The molecule has 0 amide bonds. The summed E-state index contributed by atoms with van der Waals surface area (Å²) in [6, 6.07) is 11.3. The molecule has 0 spiro atoms. The highest BCUT2D eigenvalue weighted by molar-refractivity contribution is 5.97. The maximum absolute atomic E-state index is 13.3. The van der Waals surface area contributed by atoms with Crippen molar-refractivity contribution < 1.29 is 9.90 Å². The van der Waals surface area contributed by atoms with Crippen molar-refractivity contribution in [3.05, 3.63) is 58.7 Å². The van der Waals surface area contributed by atoms with Gasteiger partial charge in [0.25, 0.3) is 0 Å². The van der Waals surface area contributed by atoms with E-state index < -0.39 is 0 Å². The molecule has 0 aliphatic heterocycles. The van der Waals surface area contributed by atoms with E-state index in [9.17, 15) is 9.90 Å². The zero-order valence-electron chi connectivity index (χ0n) is 18.8. The Balaban J connectivity index is 0.00000240. The molecule has 2 N–H and O–H groups in total. The molecule has 2 aromatic carbocycles. The third-order valence-corrected chi connectivity index (χ3v) is 5.46. The zero-order valence-corrected chi connectivity index (χ0v) is 19.6. The lowest BCUT2D eigenvalue weighted by atomic mass is 9.78. The smallest absolute Gasteiger partial charge is 0.203 e. The van der Waals surface area contributed by atoms with E-state index >= 15 is 0 Å². The van der Waals surface area contributed by atoms with Gasteiger partial charge in [0.1, 0.15) is 5.75 Å². The predicted octanol–water partition coefficient (Wildman–Crippen LogP) is 5.70. The van der Waals surface area contributed by atoms with Crippen LogP contribution in [-0.4, -0.2) is 20.0 Å². The largest absolute Gasteiger partial charge is 0.507 e. The molecule has 0 atom stereocenters. The number of rotatable bonds is 3. The zero-order chi connectivity index (χ0) is 21.7. The topological polar surface area (TPSA) is 71.0 Å². The van der Waals surface area contributed by atoms with Crippen molar-refractivity contribution in [2.75, 3.05) is 0 Å². The van der Waals surface area contributed by atoms with E-state index in [1.54, 1.807) is 9.13 Å². The molecule has 0 aliphatic carbocycles. The molecule has 0 aliphatic rings. The Morgan fingerprint density at radius 1 is 0.968 bits per heavy atom. The van der Waals surface area contributed by atoms with E-state index in [0.29, 0.717) is 5.56 Å². The molecule has 1 heterocycles. The first-order valence-electron chi connectivity index (χ1n) is 9.92. The number of phenols is 1. The second kappa shape index (κ2) is 8.91. The Labute approximate surface area is 191 Å². The van der Waals surface area contributed by atoms with Crippen molar-refractivity contribution in [1.29, 1.82) is 5.41 Å². The molecular weight excluding hydrogens is 410 g/mol. The maximum Gasteiger partial charge on any atom is 0.203 e. The van der Waals surface area contributed by atoms with Crippen LogP contribution in [0.1, 0.15) is 70.5 Å². The Hall–Kier alpha value is -2.53. The van der Waals surface area contributed by atoms with Crippen molar-refractivity contribution >= 4 is 29.2 Å². The highest BCUT2D eigenvalue weighted by Crippen LogP contribution is 2.39. The number of hydrogen-bond acceptors (Lipinski definition) is 3. The summed E-state index contributed by atoms with van der Waals surface area (Å²) < 4.78 is 3.51. The highest BCUT2D eigenvalue weighted by Gasteiger charge is 2.28. The molecule has 3 aromatic rings. The number of nitrogens with zero attached hydrogens (tertiary/aromatic N) is 2. The molecule has 0 unspecified atom stereocenters. The molecule has 0 bridgehead atoms. The standard InChI is InChI=1S/C24H31N3O2.CH4.ClH/c1-23(2,3)16-12-15(13-17(21(16)29)24(4,5)6)20(28)14-27-19-11-9-8-10-18(19)26(7)22(27)25;;/h8-13,25,29H,14H2,1-7H3;1H4;1H. The summed E-state index contributed by atoms with van der Waals surface area (Å²) in [7, 11) is 1.83. The summed E-state index contributed by atoms with van der Waals surface area (Å²) in [4.78, 5) is 13.3. The Bertz CT molecular complexity index is 1120. The first-order valence-corrected chi connectivity index (χ1v) is 9.92. The summed E-state index contributed by atoms with van der Waals surface area (Å²) in [5.41, 5.74) is 3.56. The van der Waals surface area contributed by atoms with Gasteiger partial charge in [0.15, 0.2) is 5.78 Å².